The fraction of sp³-hybridized carbons (Fsp3) is 0.625. The van der Waals surface area contributed by atoms with Crippen LogP contribution >= 0.6 is 0 Å². The third-order valence-electron chi connectivity index (χ3n) is 5.93. The summed E-state index contributed by atoms with van der Waals surface area (Å²) in [5.74, 6) is 1.37. The standard InChI is InChI=1S/C24H33N3O5/c1-4-29-9-10-30-14-24(2,3)20-12-19(32-27-20)18-11-17(16-7-8-16)23(26-21(18)22(25)28)31-13-15-5-6-15/h11-12,15-16H,4-10,13-14H2,1-3H3,(H2,25,28). The van der Waals surface area contributed by atoms with Crippen LogP contribution in [0.4, 0.5) is 0 Å². The summed E-state index contributed by atoms with van der Waals surface area (Å²) in [5.41, 5.74) is 7.76. The molecule has 2 aliphatic carbocycles. The van der Waals surface area contributed by atoms with E-state index >= 15 is 0 Å². The molecule has 0 bridgehead atoms. The van der Waals surface area contributed by atoms with E-state index in [2.05, 4.69) is 10.1 Å². The van der Waals surface area contributed by atoms with Gasteiger partial charge in [0.2, 0.25) is 5.88 Å². The highest BCUT2D eigenvalue weighted by atomic mass is 16.5. The molecule has 0 unspecified atom stereocenters. The third-order valence-corrected chi connectivity index (χ3v) is 5.93. The number of amides is 1. The van der Waals surface area contributed by atoms with Gasteiger partial charge in [-0.25, -0.2) is 4.98 Å². The van der Waals surface area contributed by atoms with Crippen LogP contribution in [0.1, 0.15) is 74.1 Å². The Bertz CT molecular complexity index is 947. The van der Waals surface area contributed by atoms with Crippen molar-refractivity contribution in [2.24, 2.45) is 11.7 Å². The molecule has 0 saturated heterocycles. The molecule has 1 amide bonds. The Labute approximate surface area is 188 Å². The Morgan fingerprint density at radius 3 is 2.59 bits per heavy atom. The van der Waals surface area contributed by atoms with Crippen LogP contribution in [-0.4, -0.2) is 49.1 Å². The second kappa shape index (κ2) is 9.58. The minimum absolute atomic E-state index is 0.147. The number of hydrogen-bond acceptors (Lipinski definition) is 7. The number of primary amides is 1. The minimum atomic E-state index is -0.616. The lowest BCUT2D eigenvalue weighted by molar-refractivity contribution is 0.0339. The van der Waals surface area contributed by atoms with Gasteiger partial charge in [-0.3, -0.25) is 4.79 Å². The van der Waals surface area contributed by atoms with E-state index in [0.29, 0.717) is 62.1 Å². The number of pyridine rings is 1. The molecular weight excluding hydrogens is 410 g/mol. The summed E-state index contributed by atoms with van der Waals surface area (Å²) in [5, 5.41) is 4.26. The zero-order valence-electron chi connectivity index (χ0n) is 19.2. The fourth-order valence-corrected chi connectivity index (χ4v) is 3.56. The van der Waals surface area contributed by atoms with Crippen molar-refractivity contribution >= 4 is 5.91 Å². The lowest BCUT2D eigenvalue weighted by atomic mass is 9.90. The molecule has 32 heavy (non-hydrogen) atoms. The molecule has 2 aliphatic rings. The summed E-state index contributed by atoms with van der Waals surface area (Å²) in [6, 6.07) is 3.79. The molecule has 2 aromatic rings. The summed E-state index contributed by atoms with van der Waals surface area (Å²) in [7, 11) is 0. The van der Waals surface area contributed by atoms with Gasteiger partial charge in [-0.1, -0.05) is 19.0 Å². The second-order valence-electron chi connectivity index (χ2n) is 9.38. The van der Waals surface area contributed by atoms with Crippen molar-refractivity contribution in [3.63, 3.8) is 0 Å². The van der Waals surface area contributed by atoms with Crippen molar-refractivity contribution in [2.45, 2.75) is 57.8 Å². The van der Waals surface area contributed by atoms with Crippen molar-refractivity contribution in [1.82, 2.24) is 10.1 Å². The summed E-state index contributed by atoms with van der Waals surface area (Å²) < 4.78 is 22.7. The van der Waals surface area contributed by atoms with Gasteiger partial charge in [-0.05, 0) is 50.5 Å². The van der Waals surface area contributed by atoms with Crippen molar-refractivity contribution < 1.29 is 23.5 Å². The maximum atomic E-state index is 12.2. The summed E-state index contributed by atoms with van der Waals surface area (Å²) in [4.78, 5) is 16.8. The monoisotopic (exact) mass is 443 g/mol. The van der Waals surface area contributed by atoms with E-state index < -0.39 is 5.91 Å². The Kier molecular flexibility index (Phi) is 6.81. The number of nitrogens with two attached hydrogens (primary N) is 1. The molecule has 0 atom stereocenters. The van der Waals surface area contributed by atoms with Crippen molar-refractivity contribution in [2.75, 3.05) is 33.0 Å². The van der Waals surface area contributed by atoms with Gasteiger partial charge < -0.3 is 24.5 Å². The topological polar surface area (TPSA) is 110 Å². The molecule has 2 saturated carbocycles. The normalized spacial score (nSPS) is 16.3. The highest BCUT2D eigenvalue weighted by Crippen LogP contribution is 2.46. The van der Waals surface area contributed by atoms with Crippen LogP contribution in [0.15, 0.2) is 16.7 Å². The summed E-state index contributed by atoms with van der Waals surface area (Å²) >= 11 is 0. The molecule has 0 aliphatic heterocycles. The number of rotatable bonds is 13. The van der Waals surface area contributed by atoms with Gasteiger partial charge in [0, 0.05) is 23.7 Å². The van der Waals surface area contributed by atoms with Crippen molar-refractivity contribution in [1.29, 1.82) is 0 Å². The maximum absolute atomic E-state index is 12.2. The first-order chi connectivity index (χ1) is 15.4. The lowest BCUT2D eigenvalue weighted by Gasteiger charge is -2.21. The first kappa shape index (κ1) is 22.7. The zero-order chi connectivity index (χ0) is 22.7. The van der Waals surface area contributed by atoms with Gasteiger partial charge in [0.05, 0.1) is 37.7 Å². The summed E-state index contributed by atoms with van der Waals surface area (Å²) in [6.45, 7) is 8.87. The highest BCUT2D eigenvalue weighted by molar-refractivity contribution is 5.97. The number of carbonyl (C=O) groups excluding carboxylic acids is 1. The van der Waals surface area contributed by atoms with E-state index in [1.807, 2.05) is 32.9 Å². The lowest BCUT2D eigenvalue weighted by Crippen LogP contribution is -2.25. The number of hydrogen-bond donors (Lipinski definition) is 1. The average molecular weight is 444 g/mol. The molecule has 0 radical (unpaired) electrons. The van der Waals surface area contributed by atoms with Gasteiger partial charge >= 0.3 is 0 Å². The Morgan fingerprint density at radius 2 is 1.94 bits per heavy atom. The molecule has 2 N–H and O–H groups in total. The SMILES string of the molecule is CCOCCOCC(C)(C)c1cc(-c2cc(C3CC3)c(OCC3CC3)nc2C(N)=O)on1. The molecule has 8 heteroatoms. The number of aromatic nitrogens is 2. The Hall–Kier alpha value is -2.45. The van der Waals surface area contributed by atoms with E-state index in [4.69, 9.17) is 24.5 Å². The molecule has 2 aromatic heterocycles. The Balaban J connectivity index is 1.56. The van der Waals surface area contributed by atoms with Crippen LogP contribution in [0.5, 0.6) is 5.88 Å². The molecule has 174 valence electrons. The number of nitrogens with zero attached hydrogens (tertiary/aromatic N) is 2. The largest absolute Gasteiger partial charge is 0.477 e. The molecule has 8 nitrogen and oxygen atoms in total. The van der Waals surface area contributed by atoms with Crippen LogP contribution < -0.4 is 10.5 Å². The van der Waals surface area contributed by atoms with E-state index in [-0.39, 0.29) is 11.1 Å². The molecule has 2 fully saturated rings. The highest BCUT2D eigenvalue weighted by Gasteiger charge is 2.33. The first-order valence-electron chi connectivity index (χ1n) is 11.5. The van der Waals surface area contributed by atoms with Crippen LogP contribution in [-0.2, 0) is 14.9 Å². The van der Waals surface area contributed by atoms with Crippen molar-refractivity contribution in [3.05, 3.63) is 29.1 Å². The minimum Gasteiger partial charge on any atom is -0.477 e. The van der Waals surface area contributed by atoms with Gasteiger partial charge in [0.25, 0.3) is 5.91 Å². The predicted octanol–water partition coefficient (Wildman–Crippen LogP) is 3.83. The van der Waals surface area contributed by atoms with E-state index in [0.717, 1.165) is 24.1 Å². The van der Waals surface area contributed by atoms with Crippen LogP contribution in [0.2, 0.25) is 0 Å². The van der Waals surface area contributed by atoms with Crippen LogP contribution in [0.25, 0.3) is 11.3 Å². The fourth-order valence-electron chi connectivity index (χ4n) is 3.56. The van der Waals surface area contributed by atoms with Gasteiger partial charge in [0.1, 0.15) is 5.69 Å². The second-order valence-corrected chi connectivity index (χ2v) is 9.38. The molecule has 2 heterocycles. The van der Waals surface area contributed by atoms with Gasteiger partial charge in [-0.15, -0.1) is 0 Å². The molecule has 4 rings (SSSR count). The van der Waals surface area contributed by atoms with E-state index in [9.17, 15) is 4.79 Å². The molecular formula is C24H33N3O5. The Morgan fingerprint density at radius 1 is 1.19 bits per heavy atom. The predicted molar refractivity (Wildman–Crippen MR) is 119 cm³/mol. The molecule has 0 aromatic carbocycles. The number of carbonyl (C=O) groups is 1. The smallest absolute Gasteiger partial charge is 0.268 e. The average Bonchev–Trinajstić information content (AvgIpc) is 3.70. The van der Waals surface area contributed by atoms with Crippen LogP contribution in [0, 0.1) is 5.92 Å². The molecule has 0 spiro atoms. The quantitative estimate of drug-likeness (QED) is 0.468. The van der Waals surface area contributed by atoms with E-state index in [1.54, 1.807) is 0 Å². The maximum Gasteiger partial charge on any atom is 0.268 e. The van der Waals surface area contributed by atoms with Crippen molar-refractivity contribution in [3.8, 4) is 17.2 Å². The first-order valence-corrected chi connectivity index (χ1v) is 11.5. The van der Waals surface area contributed by atoms with E-state index in [1.165, 1.54) is 12.8 Å². The third kappa shape index (κ3) is 5.48. The van der Waals surface area contributed by atoms with Gasteiger partial charge in [0.15, 0.2) is 5.76 Å². The zero-order valence-corrected chi connectivity index (χ0v) is 19.2. The van der Waals surface area contributed by atoms with Crippen LogP contribution in [0.3, 0.4) is 0 Å². The summed E-state index contributed by atoms with van der Waals surface area (Å²) in [6.07, 6.45) is 4.55. The number of ether oxygens (including phenoxy) is 3. The van der Waals surface area contributed by atoms with Gasteiger partial charge in [-0.2, -0.15) is 0 Å².